The summed E-state index contributed by atoms with van der Waals surface area (Å²) in [4.78, 5) is 8.22. The minimum Gasteiger partial charge on any atom is -0.381 e. The molecular formula is C17H16F2N4O3. The van der Waals surface area contributed by atoms with E-state index < -0.39 is 11.8 Å². The molecule has 1 aliphatic rings. The first-order valence-electron chi connectivity index (χ1n) is 8.19. The van der Waals surface area contributed by atoms with Crippen molar-refractivity contribution >= 4 is 0 Å². The molecule has 3 aromatic rings. The molecule has 0 atom stereocenters. The van der Waals surface area contributed by atoms with Crippen LogP contribution < -0.4 is 0 Å². The lowest BCUT2D eigenvalue weighted by Gasteiger charge is -2.31. The molecule has 4 heterocycles. The second kappa shape index (κ2) is 6.56. The molecule has 0 aromatic carbocycles. The van der Waals surface area contributed by atoms with Gasteiger partial charge in [0.1, 0.15) is 11.1 Å². The van der Waals surface area contributed by atoms with Crippen molar-refractivity contribution in [3.05, 3.63) is 47.4 Å². The summed E-state index contributed by atoms with van der Waals surface area (Å²) in [5, 5.41) is 7.96. The molecule has 9 heteroatoms. The number of aromatic nitrogens is 4. The Hall–Kier alpha value is -2.68. The summed E-state index contributed by atoms with van der Waals surface area (Å²) in [7, 11) is 0. The first kappa shape index (κ1) is 16.8. The van der Waals surface area contributed by atoms with Crippen LogP contribution in [-0.4, -0.2) is 33.5 Å². The van der Waals surface area contributed by atoms with Crippen LogP contribution in [0.5, 0.6) is 0 Å². The molecule has 1 saturated heterocycles. The van der Waals surface area contributed by atoms with Crippen LogP contribution in [0.1, 0.15) is 42.3 Å². The van der Waals surface area contributed by atoms with Gasteiger partial charge in [-0.05, 0) is 31.9 Å². The van der Waals surface area contributed by atoms with Gasteiger partial charge in [-0.15, -0.1) is 0 Å². The average molecular weight is 362 g/mol. The lowest BCUT2D eigenvalue weighted by atomic mass is 9.77. The third kappa shape index (κ3) is 2.88. The monoisotopic (exact) mass is 362 g/mol. The maximum absolute atomic E-state index is 12.6. The molecule has 4 rings (SSSR count). The van der Waals surface area contributed by atoms with Crippen molar-refractivity contribution in [2.24, 2.45) is 0 Å². The van der Waals surface area contributed by atoms with Crippen LogP contribution >= 0.6 is 0 Å². The van der Waals surface area contributed by atoms with E-state index in [0.717, 1.165) is 5.69 Å². The molecular weight excluding hydrogens is 346 g/mol. The number of alkyl halides is 2. The molecule has 0 radical (unpaired) electrons. The zero-order chi connectivity index (χ0) is 18.1. The zero-order valence-corrected chi connectivity index (χ0v) is 14.0. The molecule has 0 N–H and O–H groups in total. The van der Waals surface area contributed by atoms with Gasteiger partial charge in [0.15, 0.2) is 5.76 Å². The van der Waals surface area contributed by atoms with Crippen LogP contribution in [-0.2, 0) is 10.2 Å². The predicted octanol–water partition coefficient (Wildman–Crippen LogP) is 3.46. The number of ether oxygens (including phenoxy) is 1. The van der Waals surface area contributed by atoms with Crippen molar-refractivity contribution in [1.29, 1.82) is 0 Å². The lowest BCUT2D eigenvalue weighted by molar-refractivity contribution is 0.0425. The molecule has 0 aliphatic carbocycles. The van der Waals surface area contributed by atoms with E-state index in [0.29, 0.717) is 43.3 Å². The van der Waals surface area contributed by atoms with E-state index in [1.807, 2.05) is 13.0 Å². The molecule has 0 spiro atoms. The van der Waals surface area contributed by atoms with Crippen molar-refractivity contribution in [2.75, 3.05) is 13.2 Å². The molecule has 3 aromatic heterocycles. The number of rotatable bonds is 4. The van der Waals surface area contributed by atoms with E-state index in [1.54, 1.807) is 0 Å². The van der Waals surface area contributed by atoms with Crippen LogP contribution in [0.4, 0.5) is 8.78 Å². The number of hydrogen-bond acceptors (Lipinski definition) is 7. The highest BCUT2D eigenvalue weighted by atomic mass is 19.3. The minimum absolute atomic E-state index is 0.287. The summed E-state index contributed by atoms with van der Waals surface area (Å²) < 4.78 is 41.8. The average Bonchev–Trinajstić information content (AvgIpc) is 3.32. The molecule has 7 nitrogen and oxygen atoms in total. The summed E-state index contributed by atoms with van der Waals surface area (Å²) in [6.45, 7) is 2.90. The van der Waals surface area contributed by atoms with E-state index in [1.165, 1.54) is 18.3 Å². The molecule has 136 valence electrons. The smallest absolute Gasteiger partial charge is 0.280 e. The van der Waals surface area contributed by atoms with Crippen molar-refractivity contribution in [3.8, 4) is 11.4 Å². The fraction of sp³-hybridized carbons (Fsp3) is 0.412. The second-order valence-electron chi connectivity index (χ2n) is 6.22. The normalized spacial score (nSPS) is 16.9. The first-order chi connectivity index (χ1) is 12.6. The van der Waals surface area contributed by atoms with E-state index in [9.17, 15) is 8.78 Å². The molecule has 0 amide bonds. The van der Waals surface area contributed by atoms with Crippen LogP contribution in [0.3, 0.4) is 0 Å². The third-order valence-corrected chi connectivity index (χ3v) is 4.55. The van der Waals surface area contributed by atoms with Crippen molar-refractivity contribution in [1.82, 2.24) is 20.3 Å². The van der Waals surface area contributed by atoms with E-state index in [4.69, 9.17) is 13.8 Å². The van der Waals surface area contributed by atoms with Crippen LogP contribution in [0.2, 0.25) is 0 Å². The Bertz CT molecular complexity index is 886. The molecule has 1 aliphatic heterocycles. The zero-order valence-electron chi connectivity index (χ0n) is 14.0. The number of aryl methyl sites for hydroxylation is 1. The van der Waals surface area contributed by atoms with Crippen LogP contribution in [0.25, 0.3) is 11.4 Å². The van der Waals surface area contributed by atoms with Crippen LogP contribution in [0, 0.1) is 6.92 Å². The SMILES string of the molecule is Cc1cc(C2(c3nc(-c4ccc(C(F)F)nc4)no3)CCOCC2)on1. The van der Waals surface area contributed by atoms with E-state index in [-0.39, 0.29) is 11.5 Å². The Morgan fingerprint density at radius 2 is 1.92 bits per heavy atom. The van der Waals surface area contributed by atoms with Gasteiger partial charge in [0, 0.05) is 31.0 Å². The standard InChI is InChI=1S/C17H16F2N4O3/c1-10-8-13(25-22-10)17(4-6-24-7-5-17)16-21-15(23-26-16)11-2-3-12(14(18)19)20-9-11/h2-3,8-9,14H,4-7H2,1H3. The van der Waals surface area contributed by atoms with E-state index >= 15 is 0 Å². The van der Waals surface area contributed by atoms with Crippen molar-refractivity contribution < 1.29 is 22.6 Å². The maximum atomic E-state index is 12.6. The number of nitrogens with zero attached hydrogens (tertiary/aromatic N) is 4. The molecule has 0 unspecified atom stereocenters. The van der Waals surface area contributed by atoms with Gasteiger partial charge in [-0.3, -0.25) is 4.98 Å². The maximum Gasteiger partial charge on any atom is 0.280 e. The van der Waals surface area contributed by atoms with Crippen LogP contribution in [0.15, 0.2) is 33.4 Å². The van der Waals surface area contributed by atoms with Gasteiger partial charge < -0.3 is 13.8 Å². The highest BCUT2D eigenvalue weighted by Crippen LogP contribution is 2.41. The van der Waals surface area contributed by atoms with Gasteiger partial charge in [0.2, 0.25) is 11.7 Å². The highest BCUT2D eigenvalue weighted by molar-refractivity contribution is 5.53. The van der Waals surface area contributed by atoms with Gasteiger partial charge in [0.05, 0.1) is 5.69 Å². The Morgan fingerprint density at radius 3 is 2.54 bits per heavy atom. The molecule has 26 heavy (non-hydrogen) atoms. The van der Waals surface area contributed by atoms with E-state index in [2.05, 4.69) is 20.3 Å². The Morgan fingerprint density at radius 1 is 1.12 bits per heavy atom. The predicted molar refractivity (Wildman–Crippen MR) is 84.6 cm³/mol. The van der Waals surface area contributed by atoms with Crippen molar-refractivity contribution in [3.63, 3.8) is 0 Å². The van der Waals surface area contributed by atoms with Gasteiger partial charge in [-0.25, -0.2) is 8.78 Å². The summed E-state index contributed by atoms with van der Waals surface area (Å²) in [6.07, 6.45) is -0.0756. The fourth-order valence-corrected chi connectivity index (χ4v) is 3.08. The fourth-order valence-electron chi connectivity index (χ4n) is 3.08. The minimum atomic E-state index is -2.62. The largest absolute Gasteiger partial charge is 0.381 e. The molecule has 0 bridgehead atoms. The van der Waals surface area contributed by atoms with Gasteiger partial charge >= 0.3 is 0 Å². The lowest BCUT2D eigenvalue weighted by Crippen LogP contribution is -2.35. The van der Waals surface area contributed by atoms with Gasteiger partial charge in [-0.2, -0.15) is 4.98 Å². The Kier molecular flexibility index (Phi) is 4.23. The quantitative estimate of drug-likeness (QED) is 0.702. The summed E-state index contributed by atoms with van der Waals surface area (Å²) in [5.74, 6) is 1.33. The summed E-state index contributed by atoms with van der Waals surface area (Å²) >= 11 is 0. The Balaban J connectivity index is 1.70. The number of halogens is 2. The molecule has 0 saturated carbocycles. The number of pyridine rings is 1. The number of hydrogen-bond donors (Lipinski definition) is 0. The third-order valence-electron chi connectivity index (χ3n) is 4.55. The van der Waals surface area contributed by atoms with Gasteiger partial charge in [-0.1, -0.05) is 10.3 Å². The van der Waals surface area contributed by atoms with Crippen molar-refractivity contribution in [2.45, 2.75) is 31.6 Å². The molecule has 1 fully saturated rings. The summed E-state index contributed by atoms with van der Waals surface area (Å²) in [6, 6.07) is 4.60. The Labute approximate surface area is 147 Å². The second-order valence-corrected chi connectivity index (χ2v) is 6.22. The summed E-state index contributed by atoms with van der Waals surface area (Å²) in [5.41, 5.74) is 0.356. The topological polar surface area (TPSA) is 87.1 Å². The van der Waals surface area contributed by atoms with Gasteiger partial charge in [0.25, 0.3) is 6.43 Å². The first-order valence-corrected chi connectivity index (χ1v) is 8.19. The highest BCUT2D eigenvalue weighted by Gasteiger charge is 2.45.